The molecule has 3 fully saturated rings. The number of halogens is 4. The molecule has 1 aliphatic heterocycles. The molecule has 0 spiro atoms. The van der Waals surface area contributed by atoms with Gasteiger partial charge in [-0.1, -0.05) is 18.0 Å². The average Bonchev–Trinajstić information content (AvgIpc) is 3.24. The van der Waals surface area contributed by atoms with Crippen LogP contribution in [-0.4, -0.2) is 42.0 Å². The highest BCUT2D eigenvalue weighted by molar-refractivity contribution is 6.33. The van der Waals surface area contributed by atoms with Gasteiger partial charge in [-0.05, 0) is 43.1 Å². The Morgan fingerprint density at radius 3 is 2.48 bits per heavy atom. The molecule has 27 heavy (non-hydrogen) atoms. The van der Waals surface area contributed by atoms with Gasteiger partial charge in [0.15, 0.2) is 0 Å². The van der Waals surface area contributed by atoms with E-state index in [1.54, 1.807) is 0 Å². The standard InChI is InChI=1S/C19H23ClF3N3O/c20-16-10-15(19(21,22)23)11-24-18(16)26-5-3-25(4-6-26)17(27)9-14-8-12-1-2-13(14)7-12/h10-14H,1-9H2/t12-,13+,14-/m0/s1. The molecule has 2 saturated carbocycles. The predicted molar refractivity (Wildman–Crippen MR) is 96.6 cm³/mol. The van der Waals surface area contributed by atoms with Gasteiger partial charge in [-0.2, -0.15) is 13.2 Å². The van der Waals surface area contributed by atoms with Gasteiger partial charge in [-0.15, -0.1) is 0 Å². The van der Waals surface area contributed by atoms with Crippen LogP contribution in [0.25, 0.3) is 0 Å². The number of piperazine rings is 1. The highest BCUT2D eigenvalue weighted by Gasteiger charge is 2.41. The molecular weight excluding hydrogens is 379 g/mol. The smallest absolute Gasteiger partial charge is 0.352 e. The van der Waals surface area contributed by atoms with Crippen molar-refractivity contribution in [2.24, 2.45) is 17.8 Å². The largest absolute Gasteiger partial charge is 0.417 e. The van der Waals surface area contributed by atoms with Gasteiger partial charge in [-0.25, -0.2) is 4.98 Å². The van der Waals surface area contributed by atoms with Gasteiger partial charge >= 0.3 is 6.18 Å². The van der Waals surface area contributed by atoms with Crippen LogP contribution in [0.4, 0.5) is 19.0 Å². The highest BCUT2D eigenvalue weighted by Crippen LogP contribution is 2.49. The van der Waals surface area contributed by atoms with Crippen molar-refractivity contribution in [3.63, 3.8) is 0 Å². The normalized spacial score (nSPS) is 28.1. The van der Waals surface area contributed by atoms with Gasteiger partial charge in [0, 0.05) is 38.8 Å². The van der Waals surface area contributed by atoms with E-state index in [1.807, 2.05) is 9.80 Å². The minimum absolute atomic E-state index is 0.00779. The lowest BCUT2D eigenvalue weighted by molar-refractivity contribution is -0.138. The van der Waals surface area contributed by atoms with E-state index in [-0.39, 0.29) is 10.9 Å². The topological polar surface area (TPSA) is 36.4 Å². The second-order valence-electron chi connectivity index (χ2n) is 8.03. The summed E-state index contributed by atoms with van der Waals surface area (Å²) in [5.74, 6) is 2.66. The highest BCUT2D eigenvalue weighted by atomic mass is 35.5. The number of hydrogen-bond donors (Lipinski definition) is 0. The molecule has 1 saturated heterocycles. The molecule has 4 nitrogen and oxygen atoms in total. The Labute approximate surface area is 161 Å². The number of anilines is 1. The minimum atomic E-state index is -4.46. The number of carbonyl (C=O) groups excluding carboxylic acids is 1. The molecule has 1 amide bonds. The molecule has 148 valence electrons. The molecule has 0 radical (unpaired) electrons. The first-order chi connectivity index (χ1) is 12.8. The third-order valence-electron chi connectivity index (χ3n) is 6.40. The molecule has 3 aliphatic rings. The number of nitrogens with zero attached hydrogens (tertiary/aromatic N) is 3. The molecule has 0 aromatic carbocycles. The van der Waals surface area contributed by atoms with Crippen LogP contribution in [0.15, 0.2) is 12.3 Å². The first kappa shape index (κ1) is 18.8. The molecular formula is C19H23ClF3N3O. The summed E-state index contributed by atoms with van der Waals surface area (Å²) in [5.41, 5.74) is -0.851. The Morgan fingerprint density at radius 1 is 1.19 bits per heavy atom. The van der Waals surface area contributed by atoms with Gasteiger partial charge in [0.05, 0.1) is 10.6 Å². The molecule has 0 N–H and O–H groups in total. The van der Waals surface area contributed by atoms with Gasteiger partial charge in [0.2, 0.25) is 5.91 Å². The van der Waals surface area contributed by atoms with Crippen molar-refractivity contribution in [3.8, 4) is 0 Å². The van der Waals surface area contributed by atoms with Crippen molar-refractivity contribution in [3.05, 3.63) is 22.8 Å². The summed E-state index contributed by atoms with van der Waals surface area (Å²) in [6.07, 6.45) is 2.09. The predicted octanol–water partition coefficient (Wildman–Crippen LogP) is 4.23. The zero-order valence-corrected chi connectivity index (χ0v) is 15.8. The Kier molecular flexibility index (Phi) is 4.99. The maximum Gasteiger partial charge on any atom is 0.417 e. The van der Waals surface area contributed by atoms with E-state index >= 15 is 0 Å². The first-order valence-corrected chi connectivity index (χ1v) is 9.94. The number of aromatic nitrogens is 1. The van der Waals surface area contributed by atoms with Gasteiger partial charge < -0.3 is 9.80 Å². The molecule has 8 heteroatoms. The summed E-state index contributed by atoms with van der Waals surface area (Å²) < 4.78 is 38.2. The lowest BCUT2D eigenvalue weighted by Gasteiger charge is -2.36. The first-order valence-electron chi connectivity index (χ1n) is 9.56. The molecule has 1 aromatic rings. The van der Waals surface area contributed by atoms with Crippen LogP contribution in [0.1, 0.15) is 37.7 Å². The van der Waals surface area contributed by atoms with Crippen LogP contribution >= 0.6 is 11.6 Å². The molecule has 2 bridgehead atoms. The zero-order chi connectivity index (χ0) is 19.2. The molecule has 2 heterocycles. The fraction of sp³-hybridized carbons (Fsp3) is 0.684. The maximum atomic E-state index is 12.7. The van der Waals surface area contributed by atoms with E-state index in [0.29, 0.717) is 44.3 Å². The van der Waals surface area contributed by atoms with E-state index in [9.17, 15) is 18.0 Å². The number of rotatable bonds is 3. The fourth-order valence-corrected chi connectivity index (χ4v) is 5.25. The summed E-state index contributed by atoms with van der Waals surface area (Å²) in [6.45, 7) is 2.17. The summed E-state index contributed by atoms with van der Waals surface area (Å²) in [6, 6.07) is 0.913. The molecule has 2 aliphatic carbocycles. The molecule has 4 rings (SSSR count). The lowest BCUT2D eigenvalue weighted by Crippen LogP contribution is -2.49. The number of amides is 1. The van der Waals surface area contributed by atoms with Crippen molar-refractivity contribution in [2.75, 3.05) is 31.1 Å². The van der Waals surface area contributed by atoms with Gasteiger partial charge in [0.1, 0.15) is 5.82 Å². The van der Waals surface area contributed by atoms with Crippen LogP contribution in [0, 0.1) is 17.8 Å². The monoisotopic (exact) mass is 401 g/mol. The van der Waals surface area contributed by atoms with E-state index in [0.717, 1.165) is 24.1 Å². The van der Waals surface area contributed by atoms with Crippen LogP contribution in [-0.2, 0) is 11.0 Å². The van der Waals surface area contributed by atoms with Crippen LogP contribution in [0.3, 0.4) is 0 Å². The number of fused-ring (bicyclic) bond motifs is 2. The second-order valence-corrected chi connectivity index (χ2v) is 8.44. The Bertz CT molecular complexity index is 719. The van der Waals surface area contributed by atoms with E-state index in [2.05, 4.69) is 4.98 Å². The van der Waals surface area contributed by atoms with Crippen LogP contribution < -0.4 is 4.90 Å². The number of alkyl halides is 3. The second kappa shape index (κ2) is 7.15. The van der Waals surface area contributed by atoms with Crippen LogP contribution in [0.2, 0.25) is 5.02 Å². The van der Waals surface area contributed by atoms with Crippen LogP contribution in [0.5, 0.6) is 0 Å². The zero-order valence-electron chi connectivity index (χ0n) is 15.0. The third-order valence-corrected chi connectivity index (χ3v) is 6.68. The third kappa shape index (κ3) is 3.89. The molecule has 3 atom stereocenters. The van der Waals surface area contributed by atoms with Crippen molar-refractivity contribution in [1.82, 2.24) is 9.88 Å². The average molecular weight is 402 g/mol. The molecule has 0 unspecified atom stereocenters. The summed E-state index contributed by atoms with van der Waals surface area (Å²) in [7, 11) is 0. The Balaban J connectivity index is 1.33. The SMILES string of the molecule is O=C(C[C@@H]1C[C@H]2CC[C@@H]1C2)N1CCN(c2ncc(C(F)(F)F)cc2Cl)CC1. The molecule has 1 aromatic heterocycles. The van der Waals surface area contributed by atoms with Crippen molar-refractivity contribution in [1.29, 1.82) is 0 Å². The minimum Gasteiger partial charge on any atom is -0.352 e. The maximum absolute atomic E-state index is 12.7. The summed E-state index contributed by atoms with van der Waals surface area (Å²) in [5, 5.41) is -0.00779. The number of carbonyl (C=O) groups is 1. The van der Waals surface area contributed by atoms with E-state index < -0.39 is 11.7 Å². The van der Waals surface area contributed by atoms with E-state index in [1.165, 1.54) is 25.7 Å². The summed E-state index contributed by atoms with van der Waals surface area (Å²) in [4.78, 5) is 20.3. The van der Waals surface area contributed by atoms with Crippen molar-refractivity contribution < 1.29 is 18.0 Å². The summed E-state index contributed by atoms with van der Waals surface area (Å²) >= 11 is 6.03. The number of pyridine rings is 1. The van der Waals surface area contributed by atoms with E-state index in [4.69, 9.17) is 11.6 Å². The van der Waals surface area contributed by atoms with Crippen molar-refractivity contribution in [2.45, 2.75) is 38.3 Å². The fourth-order valence-electron chi connectivity index (χ4n) is 4.97. The quantitative estimate of drug-likeness (QED) is 0.760. The van der Waals surface area contributed by atoms with Crippen molar-refractivity contribution >= 4 is 23.3 Å². The van der Waals surface area contributed by atoms with Gasteiger partial charge in [-0.3, -0.25) is 4.79 Å². The number of hydrogen-bond acceptors (Lipinski definition) is 3. The van der Waals surface area contributed by atoms with Gasteiger partial charge in [0.25, 0.3) is 0 Å². The lowest BCUT2D eigenvalue weighted by atomic mass is 9.86. The Hall–Kier alpha value is -1.50. The Morgan fingerprint density at radius 2 is 1.93 bits per heavy atom.